The number of sulfonamides is 1. The lowest BCUT2D eigenvalue weighted by molar-refractivity contribution is 0.0595. The van der Waals surface area contributed by atoms with Gasteiger partial charge in [-0.25, -0.2) is 13.1 Å². The zero-order valence-corrected chi connectivity index (χ0v) is 21.3. The molecule has 1 atom stereocenters. The molecule has 2 fully saturated rings. The summed E-state index contributed by atoms with van der Waals surface area (Å²) >= 11 is 6.38. The molecule has 1 aromatic carbocycles. The Morgan fingerprint density at radius 2 is 1.88 bits per heavy atom. The minimum Gasteiger partial charge on any atom is -0.382 e. The van der Waals surface area contributed by atoms with Crippen molar-refractivity contribution in [1.82, 2.24) is 14.1 Å². The fourth-order valence-corrected chi connectivity index (χ4v) is 6.22. The first-order chi connectivity index (χ1) is 16.3. The average molecular weight is 509 g/mol. The standard InChI is InChI=1S/C24H33ClN4O4S/c1-17(2)19-5-7-21(8-6-19)34(31,32)28-11-9-20(10-12-28)29-24(30)23(25)22(15-27-29)26-14-18-4-3-13-33-16-18/h5-8,15,17-18,20,26H,3-4,9-14,16H2,1-2H3/t18-/m1/s1. The molecule has 0 aliphatic carbocycles. The molecule has 1 N–H and O–H groups in total. The molecule has 4 rings (SSSR count). The number of piperidine rings is 1. The van der Waals surface area contributed by atoms with Crippen LogP contribution < -0.4 is 10.9 Å². The Kier molecular flexibility index (Phi) is 7.97. The van der Waals surface area contributed by atoms with Crippen LogP contribution in [-0.2, 0) is 14.8 Å². The van der Waals surface area contributed by atoms with Crippen LogP contribution in [0.25, 0.3) is 0 Å². The van der Waals surface area contributed by atoms with Gasteiger partial charge >= 0.3 is 0 Å². The van der Waals surface area contributed by atoms with Gasteiger partial charge in [-0.15, -0.1) is 0 Å². The topological polar surface area (TPSA) is 93.5 Å². The van der Waals surface area contributed by atoms with Crippen LogP contribution in [0, 0.1) is 5.92 Å². The lowest BCUT2D eigenvalue weighted by atomic mass is 10.0. The first kappa shape index (κ1) is 25.2. The fourth-order valence-electron chi connectivity index (χ4n) is 4.55. The average Bonchev–Trinajstić information content (AvgIpc) is 2.86. The van der Waals surface area contributed by atoms with Crippen molar-refractivity contribution in [2.45, 2.75) is 56.4 Å². The van der Waals surface area contributed by atoms with Gasteiger partial charge in [-0.3, -0.25) is 4.79 Å². The van der Waals surface area contributed by atoms with Crippen molar-refractivity contribution in [3.05, 3.63) is 51.4 Å². The Morgan fingerprint density at radius 3 is 2.50 bits per heavy atom. The van der Waals surface area contributed by atoms with E-state index < -0.39 is 10.0 Å². The van der Waals surface area contributed by atoms with E-state index in [1.165, 1.54) is 8.99 Å². The molecule has 0 radical (unpaired) electrons. The van der Waals surface area contributed by atoms with Crippen LogP contribution in [0.4, 0.5) is 5.69 Å². The number of ether oxygens (including phenoxy) is 1. The maximum absolute atomic E-state index is 13.1. The summed E-state index contributed by atoms with van der Waals surface area (Å²) in [5, 5.41) is 7.71. The SMILES string of the molecule is CC(C)c1ccc(S(=O)(=O)N2CCC(n3ncc(NC[C@H]4CCCOC4)c(Cl)c3=O)CC2)cc1. The van der Waals surface area contributed by atoms with E-state index in [-0.39, 0.29) is 16.6 Å². The Hall–Kier alpha value is -1.94. The lowest BCUT2D eigenvalue weighted by Crippen LogP contribution is -2.41. The van der Waals surface area contributed by atoms with E-state index in [9.17, 15) is 13.2 Å². The van der Waals surface area contributed by atoms with Crippen molar-refractivity contribution in [3.8, 4) is 0 Å². The maximum atomic E-state index is 13.1. The van der Waals surface area contributed by atoms with E-state index in [1.54, 1.807) is 18.3 Å². The molecule has 0 bridgehead atoms. The van der Waals surface area contributed by atoms with Crippen molar-refractivity contribution < 1.29 is 13.2 Å². The second kappa shape index (κ2) is 10.8. The third kappa shape index (κ3) is 5.48. The van der Waals surface area contributed by atoms with Gasteiger partial charge in [-0.1, -0.05) is 37.6 Å². The molecule has 2 aromatic rings. The Bertz CT molecular complexity index is 1140. The third-order valence-electron chi connectivity index (χ3n) is 6.73. The molecule has 34 heavy (non-hydrogen) atoms. The molecule has 8 nitrogen and oxygen atoms in total. The van der Waals surface area contributed by atoms with Gasteiger partial charge in [0.1, 0.15) is 5.02 Å². The van der Waals surface area contributed by atoms with Gasteiger partial charge < -0.3 is 10.1 Å². The zero-order valence-electron chi connectivity index (χ0n) is 19.7. The second-order valence-electron chi connectivity index (χ2n) is 9.45. The number of hydrogen-bond donors (Lipinski definition) is 1. The molecular weight excluding hydrogens is 476 g/mol. The molecule has 0 saturated carbocycles. The Morgan fingerprint density at radius 1 is 1.18 bits per heavy atom. The van der Waals surface area contributed by atoms with Gasteiger partial charge in [0.2, 0.25) is 10.0 Å². The van der Waals surface area contributed by atoms with Crippen molar-refractivity contribution in [2.24, 2.45) is 5.92 Å². The summed E-state index contributed by atoms with van der Waals surface area (Å²) in [5.74, 6) is 0.730. The molecular formula is C24H33ClN4O4S. The van der Waals surface area contributed by atoms with Crippen LogP contribution in [-0.4, -0.2) is 55.4 Å². The van der Waals surface area contributed by atoms with E-state index in [0.29, 0.717) is 61.5 Å². The largest absolute Gasteiger partial charge is 0.382 e. The van der Waals surface area contributed by atoms with Crippen molar-refractivity contribution in [3.63, 3.8) is 0 Å². The van der Waals surface area contributed by atoms with Gasteiger partial charge in [0.25, 0.3) is 5.56 Å². The predicted molar refractivity (Wildman–Crippen MR) is 133 cm³/mol. The summed E-state index contributed by atoms with van der Waals surface area (Å²) in [7, 11) is -3.57. The summed E-state index contributed by atoms with van der Waals surface area (Å²) in [6.45, 7) is 6.99. The lowest BCUT2D eigenvalue weighted by Gasteiger charge is -2.31. The van der Waals surface area contributed by atoms with E-state index in [4.69, 9.17) is 16.3 Å². The monoisotopic (exact) mass is 508 g/mol. The smallest absolute Gasteiger partial charge is 0.287 e. The van der Waals surface area contributed by atoms with Crippen molar-refractivity contribution in [1.29, 1.82) is 0 Å². The molecule has 10 heteroatoms. The molecule has 186 valence electrons. The summed E-state index contributed by atoms with van der Waals surface area (Å²) < 4.78 is 34.6. The first-order valence-electron chi connectivity index (χ1n) is 12.0. The van der Waals surface area contributed by atoms with E-state index in [1.807, 2.05) is 12.1 Å². The quantitative estimate of drug-likeness (QED) is 0.610. The molecule has 0 amide bonds. The van der Waals surface area contributed by atoms with Gasteiger partial charge in [-0.2, -0.15) is 9.40 Å². The van der Waals surface area contributed by atoms with Crippen LogP contribution in [0.2, 0.25) is 5.02 Å². The number of aromatic nitrogens is 2. The highest BCUT2D eigenvalue weighted by Crippen LogP contribution is 2.28. The highest BCUT2D eigenvalue weighted by Gasteiger charge is 2.31. The van der Waals surface area contributed by atoms with Crippen molar-refractivity contribution >= 4 is 27.3 Å². The summed E-state index contributed by atoms with van der Waals surface area (Å²) in [4.78, 5) is 13.2. The minimum atomic E-state index is -3.57. The first-order valence-corrected chi connectivity index (χ1v) is 13.8. The minimum absolute atomic E-state index is 0.118. The van der Waals surface area contributed by atoms with Crippen LogP contribution in [0.15, 0.2) is 40.2 Å². The highest BCUT2D eigenvalue weighted by atomic mass is 35.5. The number of rotatable bonds is 7. The second-order valence-corrected chi connectivity index (χ2v) is 11.8. The number of hydrogen-bond acceptors (Lipinski definition) is 6. The Balaban J connectivity index is 1.39. The maximum Gasteiger partial charge on any atom is 0.287 e. The number of nitrogens with one attached hydrogen (secondary N) is 1. The summed E-state index contributed by atoms with van der Waals surface area (Å²) in [6, 6.07) is 6.89. The third-order valence-corrected chi connectivity index (χ3v) is 9.01. The number of benzene rings is 1. The van der Waals surface area contributed by atoms with Gasteiger partial charge in [0.05, 0.1) is 29.4 Å². The molecule has 1 aromatic heterocycles. The molecule has 3 heterocycles. The van der Waals surface area contributed by atoms with E-state index in [0.717, 1.165) is 25.0 Å². The molecule has 0 unspecified atom stereocenters. The molecule has 2 aliphatic heterocycles. The fraction of sp³-hybridized carbons (Fsp3) is 0.583. The van der Waals surface area contributed by atoms with E-state index in [2.05, 4.69) is 24.3 Å². The van der Waals surface area contributed by atoms with Crippen LogP contribution in [0.1, 0.15) is 57.1 Å². The molecule has 0 spiro atoms. The van der Waals surface area contributed by atoms with Crippen LogP contribution in [0.5, 0.6) is 0 Å². The van der Waals surface area contributed by atoms with E-state index >= 15 is 0 Å². The number of anilines is 1. The van der Waals surface area contributed by atoms with Crippen LogP contribution in [0.3, 0.4) is 0 Å². The Labute approximate surface area is 206 Å². The summed E-state index contributed by atoms with van der Waals surface area (Å²) in [5.41, 5.74) is 1.28. The normalized spacial score (nSPS) is 20.5. The van der Waals surface area contributed by atoms with Crippen molar-refractivity contribution in [2.75, 3.05) is 38.2 Å². The summed E-state index contributed by atoms with van der Waals surface area (Å²) in [6.07, 6.45) is 4.71. The van der Waals surface area contributed by atoms with Gasteiger partial charge in [0, 0.05) is 26.2 Å². The van der Waals surface area contributed by atoms with Gasteiger partial charge in [-0.05, 0) is 55.2 Å². The zero-order chi connectivity index (χ0) is 24.3. The van der Waals surface area contributed by atoms with Crippen LogP contribution >= 0.6 is 11.6 Å². The molecule has 2 aliphatic rings. The number of nitrogens with zero attached hydrogens (tertiary/aromatic N) is 3. The highest BCUT2D eigenvalue weighted by molar-refractivity contribution is 7.89. The van der Waals surface area contributed by atoms with Gasteiger partial charge in [0.15, 0.2) is 0 Å². The predicted octanol–water partition coefficient (Wildman–Crippen LogP) is 3.88. The number of halogens is 1. The molecule has 2 saturated heterocycles.